The first kappa shape index (κ1) is 11.8. The van der Waals surface area contributed by atoms with Gasteiger partial charge in [-0.25, -0.2) is 0 Å². The quantitative estimate of drug-likeness (QED) is 0.582. The molecule has 0 amide bonds. The SMILES string of the molecule is C1=CCCCNCCCCCCCC1. The van der Waals surface area contributed by atoms with Gasteiger partial charge < -0.3 is 5.32 Å². The number of rotatable bonds is 0. The Kier molecular flexibility index (Phi) is 7.79. The normalized spacial score (nSPS) is 22.9. The molecular formula is C13H25N. The fourth-order valence-electron chi connectivity index (χ4n) is 1.92. The van der Waals surface area contributed by atoms with Gasteiger partial charge in [-0.1, -0.05) is 37.8 Å². The Labute approximate surface area is 89.0 Å². The molecule has 0 atom stereocenters. The smallest absolute Gasteiger partial charge is 0.00460 e. The first-order valence-electron chi connectivity index (χ1n) is 6.36. The lowest BCUT2D eigenvalue weighted by Gasteiger charge is -2.04. The van der Waals surface area contributed by atoms with Crippen molar-refractivity contribution in [1.82, 2.24) is 5.32 Å². The van der Waals surface area contributed by atoms with Gasteiger partial charge in [0.25, 0.3) is 0 Å². The zero-order chi connectivity index (χ0) is 9.90. The molecule has 1 aliphatic heterocycles. The van der Waals surface area contributed by atoms with Gasteiger partial charge in [0.05, 0.1) is 0 Å². The summed E-state index contributed by atoms with van der Waals surface area (Å²) in [5, 5.41) is 3.51. The molecular weight excluding hydrogens is 170 g/mol. The molecule has 0 fully saturated rings. The summed E-state index contributed by atoms with van der Waals surface area (Å²) >= 11 is 0. The molecule has 0 radical (unpaired) electrons. The lowest BCUT2D eigenvalue weighted by Crippen LogP contribution is -2.16. The van der Waals surface area contributed by atoms with Gasteiger partial charge >= 0.3 is 0 Å². The Balaban J connectivity index is 2.09. The van der Waals surface area contributed by atoms with Crippen molar-refractivity contribution in [2.75, 3.05) is 13.1 Å². The second-order valence-electron chi connectivity index (χ2n) is 4.27. The Hall–Kier alpha value is -0.300. The summed E-state index contributed by atoms with van der Waals surface area (Å²) in [7, 11) is 0. The zero-order valence-corrected chi connectivity index (χ0v) is 9.43. The molecule has 0 aliphatic carbocycles. The highest BCUT2D eigenvalue weighted by Crippen LogP contribution is 2.08. The highest BCUT2D eigenvalue weighted by Gasteiger charge is 1.92. The molecule has 0 saturated carbocycles. The Morgan fingerprint density at radius 2 is 1.14 bits per heavy atom. The van der Waals surface area contributed by atoms with E-state index in [1.165, 1.54) is 70.9 Å². The summed E-state index contributed by atoms with van der Waals surface area (Å²) in [6.07, 6.45) is 17.1. The van der Waals surface area contributed by atoms with Gasteiger partial charge in [0.2, 0.25) is 0 Å². The topological polar surface area (TPSA) is 12.0 Å². The molecule has 1 rings (SSSR count). The van der Waals surface area contributed by atoms with Crippen LogP contribution in [0.15, 0.2) is 12.2 Å². The van der Waals surface area contributed by atoms with Crippen LogP contribution in [0.2, 0.25) is 0 Å². The third-order valence-corrected chi connectivity index (χ3v) is 2.87. The zero-order valence-electron chi connectivity index (χ0n) is 9.43. The van der Waals surface area contributed by atoms with Crippen molar-refractivity contribution in [3.8, 4) is 0 Å². The van der Waals surface area contributed by atoms with Crippen LogP contribution in [0.1, 0.15) is 57.8 Å². The van der Waals surface area contributed by atoms with Crippen LogP contribution in [0, 0.1) is 0 Å². The average molecular weight is 195 g/mol. The predicted octanol–water partition coefficient (Wildman–Crippen LogP) is 3.66. The summed E-state index contributed by atoms with van der Waals surface area (Å²) in [5.74, 6) is 0. The molecule has 0 aromatic carbocycles. The fraction of sp³-hybridized carbons (Fsp3) is 0.846. The van der Waals surface area contributed by atoms with Gasteiger partial charge in [-0.05, 0) is 45.2 Å². The maximum Gasteiger partial charge on any atom is -0.00460 e. The molecule has 1 aliphatic rings. The third-order valence-electron chi connectivity index (χ3n) is 2.87. The van der Waals surface area contributed by atoms with Crippen molar-refractivity contribution < 1.29 is 0 Å². The van der Waals surface area contributed by atoms with Gasteiger partial charge in [-0.2, -0.15) is 0 Å². The minimum Gasteiger partial charge on any atom is -0.317 e. The molecule has 0 bridgehead atoms. The second kappa shape index (κ2) is 9.26. The van der Waals surface area contributed by atoms with Crippen LogP contribution >= 0.6 is 0 Å². The highest BCUT2D eigenvalue weighted by molar-refractivity contribution is 4.81. The van der Waals surface area contributed by atoms with E-state index in [1.54, 1.807) is 0 Å². The molecule has 0 spiro atoms. The molecule has 1 heterocycles. The second-order valence-corrected chi connectivity index (χ2v) is 4.27. The molecule has 82 valence electrons. The van der Waals surface area contributed by atoms with E-state index < -0.39 is 0 Å². The number of nitrogens with one attached hydrogen (secondary N) is 1. The molecule has 0 aromatic rings. The standard InChI is InChI=1S/C13H25N/c1-2-4-6-8-10-12-14-13-11-9-7-5-3-1/h4,6,14H,1-3,5,7-13H2. The van der Waals surface area contributed by atoms with E-state index in [4.69, 9.17) is 0 Å². The Morgan fingerprint density at radius 1 is 0.571 bits per heavy atom. The van der Waals surface area contributed by atoms with Crippen LogP contribution in [-0.2, 0) is 0 Å². The summed E-state index contributed by atoms with van der Waals surface area (Å²) < 4.78 is 0. The minimum atomic E-state index is 1.20. The number of hydrogen-bond donors (Lipinski definition) is 1. The average Bonchev–Trinajstić information content (AvgIpc) is 2.22. The summed E-state index contributed by atoms with van der Waals surface area (Å²) in [6, 6.07) is 0. The maximum atomic E-state index is 3.51. The van der Waals surface area contributed by atoms with Crippen LogP contribution in [0.5, 0.6) is 0 Å². The molecule has 0 unspecified atom stereocenters. The van der Waals surface area contributed by atoms with Gasteiger partial charge in [0.1, 0.15) is 0 Å². The van der Waals surface area contributed by atoms with E-state index in [1.807, 2.05) is 0 Å². The van der Waals surface area contributed by atoms with E-state index >= 15 is 0 Å². The van der Waals surface area contributed by atoms with Crippen molar-refractivity contribution in [3.05, 3.63) is 12.2 Å². The van der Waals surface area contributed by atoms with Crippen molar-refractivity contribution in [2.24, 2.45) is 0 Å². The lowest BCUT2D eigenvalue weighted by molar-refractivity contribution is 0.559. The van der Waals surface area contributed by atoms with Crippen LogP contribution in [0.3, 0.4) is 0 Å². The van der Waals surface area contributed by atoms with Gasteiger partial charge in [0.15, 0.2) is 0 Å². The molecule has 14 heavy (non-hydrogen) atoms. The predicted molar refractivity (Wildman–Crippen MR) is 63.6 cm³/mol. The molecule has 1 nitrogen and oxygen atoms in total. The van der Waals surface area contributed by atoms with Crippen molar-refractivity contribution in [1.29, 1.82) is 0 Å². The van der Waals surface area contributed by atoms with E-state index in [-0.39, 0.29) is 0 Å². The molecule has 0 saturated heterocycles. The lowest BCUT2D eigenvalue weighted by atomic mass is 10.1. The van der Waals surface area contributed by atoms with Crippen LogP contribution < -0.4 is 5.32 Å². The largest absolute Gasteiger partial charge is 0.317 e. The van der Waals surface area contributed by atoms with Gasteiger partial charge in [-0.3, -0.25) is 0 Å². The maximum absolute atomic E-state index is 3.51. The number of hydrogen-bond acceptors (Lipinski definition) is 1. The minimum absolute atomic E-state index is 1.20. The third kappa shape index (κ3) is 7.14. The van der Waals surface area contributed by atoms with Gasteiger partial charge in [-0.15, -0.1) is 0 Å². The summed E-state index contributed by atoms with van der Waals surface area (Å²) in [6.45, 7) is 2.42. The molecule has 1 heteroatoms. The monoisotopic (exact) mass is 195 g/mol. The first-order chi connectivity index (χ1) is 7.00. The molecule has 1 N–H and O–H groups in total. The highest BCUT2D eigenvalue weighted by atomic mass is 14.8. The van der Waals surface area contributed by atoms with Gasteiger partial charge in [0, 0.05) is 0 Å². The van der Waals surface area contributed by atoms with Crippen LogP contribution in [-0.4, -0.2) is 13.1 Å². The van der Waals surface area contributed by atoms with Crippen molar-refractivity contribution >= 4 is 0 Å². The summed E-state index contributed by atoms with van der Waals surface area (Å²) in [4.78, 5) is 0. The van der Waals surface area contributed by atoms with E-state index in [9.17, 15) is 0 Å². The van der Waals surface area contributed by atoms with Crippen molar-refractivity contribution in [2.45, 2.75) is 57.8 Å². The first-order valence-corrected chi connectivity index (χ1v) is 6.36. The Morgan fingerprint density at radius 3 is 2.00 bits per heavy atom. The fourth-order valence-corrected chi connectivity index (χ4v) is 1.92. The number of allylic oxidation sites excluding steroid dienone is 2. The van der Waals surface area contributed by atoms with Crippen molar-refractivity contribution in [3.63, 3.8) is 0 Å². The van der Waals surface area contributed by atoms with E-state index in [2.05, 4.69) is 17.5 Å². The van der Waals surface area contributed by atoms with Crippen LogP contribution in [0.4, 0.5) is 0 Å². The summed E-state index contributed by atoms with van der Waals surface area (Å²) in [5.41, 5.74) is 0. The molecule has 0 aromatic heterocycles. The van der Waals surface area contributed by atoms with E-state index in [0.717, 1.165) is 0 Å². The Bertz CT molecular complexity index is 124. The van der Waals surface area contributed by atoms with Crippen LogP contribution in [0.25, 0.3) is 0 Å². The van der Waals surface area contributed by atoms with E-state index in [0.29, 0.717) is 0 Å².